The average Bonchev–Trinajstić information content (AvgIpc) is 2.26. The highest BCUT2D eigenvalue weighted by molar-refractivity contribution is 9.10. The molecule has 0 radical (unpaired) electrons. The minimum Gasteiger partial charge on any atom is -0.360 e. The van der Waals surface area contributed by atoms with Gasteiger partial charge in [-0.05, 0) is 39.1 Å². The van der Waals surface area contributed by atoms with Crippen molar-refractivity contribution in [2.24, 2.45) is 0 Å². The van der Waals surface area contributed by atoms with Crippen LogP contribution < -0.4 is 4.90 Å². The standard InChI is InChI=1S/C15H20BrN3/c1-15(2)11-18(3)10-14(7-8-17)19(15)13-6-4-5-12(16)9-13/h4-6,9,14H,7,10-11H2,1-3H3. The number of likely N-dealkylation sites (N-methyl/N-ethyl adjacent to an activating group) is 1. The van der Waals surface area contributed by atoms with Crippen LogP contribution in [0.1, 0.15) is 20.3 Å². The molecule has 0 bridgehead atoms. The molecule has 0 aromatic heterocycles. The molecular weight excluding hydrogens is 302 g/mol. The number of halogens is 1. The molecule has 1 fully saturated rings. The van der Waals surface area contributed by atoms with Gasteiger partial charge in [-0.25, -0.2) is 0 Å². The Kier molecular flexibility index (Phi) is 4.17. The summed E-state index contributed by atoms with van der Waals surface area (Å²) >= 11 is 3.54. The number of nitrogens with zero attached hydrogens (tertiary/aromatic N) is 3. The predicted molar refractivity (Wildman–Crippen MR) is 82.2 cm³/mol. The second-order valence-corrected chi connectivity index (χ2v) is 6.79. The molecule has 2 rings (SSSR count). The van der Waals surface area contributed by atoms with Crippen LogP contribution in [0.3, 0.4) is 0 Å². The third kappa shape index (κ3) is 3.10. The van der Waals surface area contributed by atoms with Crippen molar-refractivity contribution in [3.63, 3.8) is 0 Å². The molecular formula is C15H20BrN3. The van der Waals surface area contributed by atoms with E-state index < -0.39 is 0 Å². The van der Waals surface area contributed by atoms with Crippen LogP contribution in [0.4, 0.5) is 5.69 Å². The molecule has 3 nitrogen and oxygen atoms in total. The van der Waals surface area contributed by atoms with Gasteiger partial charge in [-0.1, -0.05) is 22.0 Å². The van der Waals surface area contributed by atoms with Gasteiger partial charge in [0.15, 0.2) is 0 Å². The Bertz CT molecular complexity index is 492. The van der Waals surface area contributed by atoms with Crippen LogP contribution in [-0.2, 0) is 0 Å². The summed E-state index contributed by atoms with van der Waals surface area (Å²) in [6.45, 7) is 6.42. The minimum atomic E-state index is 0.0231. The van der Waals surface area contributed by atoms with Crippen molar-refractivity contribution in [3.8, 4) is 6.07 Å². The van der Waals surface area contributed by atoms with E-state index in [1.165, 1.54) is 5.69 Å². The second kappa shape index (κ2) is 5.52. The molecule has 0 aliphatic carbocycles. The maximum Gasteiger partial charge on any atom is 0.0643 e. The van der Waals surface area contributed by atoms with E-state index in [4.69, 9.17) is 5.26 Å². The van der Waals surface area contributed by atoms with Crippen LogP contribution in [0, 0.1) is 11.3 Å². The Hall–Kier alpha value is -1.05. The first kappa shape index (κ1) is 14.4. The number of hydrogen-bond acceptors (Lipinski definition) is 3. The molecule has 0 N–H and O–H groups in total. The Labute approximate surface area is 123 Å². The Balaban J connectivity index is 2.39. The van der Waals surface area contributed by atoms with Crippen molar-refractivity contribution in [1.82, 2.24) is 4.90 Å². The fourth-order valence-electron chi connectivity index (χ4n) is 3.18. The summed E-state index contributed by atoms with van der Waals surface area (Å²) in [4.78, 5) is 4.72. The summed E-state index contributed by atoms with van der Waals surface area (Å²) in [5, 5.41) is 9.09. The van der Waals surface area contributed by atoms with Gasteiger partial charge < -0.3 is 9.80 Å². The lowest BCUT2D eigenvalue weighted by atomic mass is 9.93. The van der Waals surface area contributed by atoms with Crippen LogP contribution in [0.2, 0.25) is 0 Å². The molecule has 1 atom stereocenters. The van der Waals surface area contributed by atoms with Gasteiger partial charge in [-0.15, -0.1) is 0 Å². The van der Waals surface area contributed by atoms with Gasteiger partial charge in [0.05, 0.1) is 18.5 Å². The van der Waals surface area contributed by atoms with Crippen LogP contribution in [-0.4, -0.2) is 36.6 Å². The van der Waals surface area contributed by atoms with Crippen molar-refractivity contribution in [2.45, 2.75) is 31.8 Å². The van der Waals surface area contributed by atoms with Gasteiger partial charge in [0.1, 0.15) is 0 Å². The number of hydrogen-bond donors (Lipinski definition) is 0. The van der Waals surface area contributed by atoms with Gasteiger partial charge in [0.25, 0.3) is 0 Å². The van der Waals surface area contributed by atoms with Crippen LogP contribution in [0.15, 0.2) is 28.7 Å². The predicted octanol–water partition coefficient (Wildman–Crippen LogP) is 3.26. The maximum absolute atomic E-state index is 9.09. The minimum absolute atomic E-state index is 0.0231. The second-order valence-electron chi connectivity index (χ2n) is 5.88. The topological polar surface area (TPSA) is 30.3 Å². The number of nitriles is 1. The maximum atomic E-state index is 9.09. The zero-order chi connectivity index (χ0) is 14.0. The smallest absolute Gasteiger partial charge is 0.0643 e. The quantitative estimate of drug-likeness (QED) is 0.837. The normalized spacial score (nSPS) is 23.1. The summed E-state index contributed by atoms with van der Waals surface area (Å²) in [5.74, 6) is 0. The van der Waals surface area contributed by atoms with Gasteiger partial charge in [0, 0.05) is 28.8 Å². The van der Waals surface area contributed by atoms with E-state index in [0.717, 1.165) is 17.6 Å². The fraction of sp³-hybridized carbons (Fsp3) is 0.533. The zero-order valence-electron chi connectivity index (χ0n) is 11.7. The van der Waals surface area contributed by atoms with Crippen molar-refractivity contribution < 1.29 is 0 Å². The molecule has 0 saturated carbocycles. The van der Waals surface area contributed by atoms with Crippen LogP contribution in [0.25, 0.3) is 0 Å². The first-order chi connectivity index (χ1) is 8.94. The van der Waals surface area contributed by atoms with Gasteiger partial charge in [-0.2, -0.15) is 5.26 Å². The van der Waals surface area contributed by atoms with Crippen molar-refractivity contribution >= 4 is 21.6 Å². The number of anilines is 1. The molecule has 1 aliphatic rings. The third-order valence-corrected chi connectivity index (χ3v) is 4.10. The Morgan fingerprint density at radius 1 is 1.47 bits per heavy atom. The highest BCUT2D eigenvalue weighted by Crippen LogP contribution is 2.33. The Morgan fingerprint density at radius 2 is 2.21 bits per heavy atom. The third-order valence-electron chi connectivity index (χ3n) is 3.61. The van der Waals surface area contributed by atoms with E-state index in [1.807, 2.05) is 6.07 Å². The largest absolute Gasteiger partial charge is 0.360 e. The molecule has 0 spiro atoms. The van der Waals surface area contributed by atoms with E-state index in [9.17, 15) is 0 Å². The fourth-order valence-corrected chi connectivity index (χ4v) is 3.57. The summed E-state index contributed by atoms with van der Waals surface area (Å²) in [5.41, 5.74) is 1.21. The lowest BCUT2D eigenvalue weighted by Crippen LogP contribution is -2.63. The summed E-state index contributed by atoms with van der Waals surface area (Å²) in [6.07, 6.45) is 0.556. The molecule has 1 aliphatic heterocycles. The highest BCUT2D eigenvalue weighted by Gasteiger charge is 2.38. The van der Waals surface area contributed by atoms with Gasteiger partial charge in [0.2, 0.25) is 0 Å². The van der Waals surface area contributed by atoms with E-state index in [0.29, 0.717) is 6.42 Å². The van der Waals surface area contributed by atoms with Gasteiger partial charge in [-0.3, -0.25) is 0 Å². The molecule has 1 aromatic carbocycles. The Morgan fingerprint density at radius 3 is 2.84 bits per heavy atom. The van der Waals surface area contributed by atoms with Gasteiger partial charge >= 0.3 is 0 Å². The highest BCUT2D eigenvalue weighted by atomic mass is 79.9. The molecule has 19 heavy (non-hydrogen) atoms. The molecule has 1 unspecified atom stereocenters. The van der Waals surface area contributed by atoms with Crippen LogP contribution in [0.5, 0.6) is 0 Å². The zero-order valence-corrected chi connectivity index (χ0v) is 13.3. The molecule has 1 aromatic rings. The SMILES string of the molecule is CN1CC(CC#N)N(c2cccc(Br)c2)C(C)(C)C1. The number of piperazine rings is 1. The number of rotatable bonds is 2. The number of benzene rings is 1. The summed E-state index contributed by atoms with van der Waals surface area (Å²) < 4.78 is 1.08. The van der Waals surface area contributed by atoms with Crippen LogP contribution >= 0.6 is 15.9 Å². The molecule has 1 heterocycles. The average molecular weight is 322 g/mol. The lowest BCUT2D eigenvalue weighted by Gasteiger charge is -2.52. The van der Waals surface area contributed by atoms with Crippen molar-refractivity contribution in [1.29, 1.82) is 5.26 Å². The van der Waals surface area contributed by atoms with E-state index in [1.54, 1.807) is 0 Å². The van der Waals surface area contributed by atoms with Crippen molar-refractivity contribution in [2.75, 3.05) is 25.0 Å². The first-order valence-electron chi connectivity index (χ1n) is 6.54. The molecule has 102 valence electrons. The van der Waals surface area contributed by atoms with E-state index in [-0.39, 0.29) is 11.6 Å². The molecule has 1 saturated heterocycles. The van der Waals surface area contributed by atoms with E-state index in [2.05, 4.69) is 70.9 Å². The molecule has 4 heteroatoms. The molecule has 0 amide bonds. The monoisotopic (exact) mass is 321 g/mol. The van der Waals surface area contributed by atoms with E-state index >= 15 is 0 Å². The lowest BCUT2D eigenvalue weighted by molar-refractivity contribution is 0.181. The first-order valence-corrected chi connectivity index (χ1v) is 7.34. The summed E-state index contributed by atoms with van der Waals surface area (Å²) in [7, 11) is 2.13. The van der Waals surface area contributed by atoms with Crippen molar-refractivity contribution in [3.05, 3.63) is 28.7 Å². The summed E-state index contributed by atoms with van der Waals surface area (Å²) in [6, 6.07) is 10.9.